The van der Waals surface area contributed by atoms with Gasteiger partial charge in [0.25, 0.3) is 5.91 Å². The van der Waals surface area contributed by atoms with Crippen LogP contribution in [0.15, 0.2) is 47.8 Å². The van der Waals surface area contributed by atoms with Crippen LogP contribution in [0, 0.1) is 6.92 Å². The maximum absolute atomic E-state index is 13.0. The number of nitrogens with one attached hydrogen (secondary N) is 1. The van der Waals surface area contributed by atoms with Crippen molar-refractivity contribution in [2.45, 2.75) is 6.92 Å². The highest BCUT2D eigenvalue weighted by Crippen LogP contribution is 2.29. The Balaban J connectivity index is 1.52. The van der Waals surface area contributed by atoms with Crippen LogP contribution in [0.3, 0.4) is 0 Å². The van der Waals surface area contributed by atoms with Gasteiger partial charge in [0.05, 0.1) is 40.9 Å². The van der Waals surface area contributed by atoms with Gasteiger partial charge in [-0.2, -0.15) is 5.10 Å². The molecule has 1 amide bonds. The second kappa shape index (κ2) is 8.54. The standard InChI is InChI=1S/C22H22N4O3S/c1-14-20-17(13-18(19-8-5-11-30-19)24-21(20)26(2)25-14)22(27)23-9-10-29-16-7-4-6-15(12-16)28-3/h4-8,11-13H,9-10H2,1-3H3,(H,23,27). The van der Waals surface area contributed by atoms with Gasteiger partial charge in [-0.3, -0.25) is 9.48 Å². The smallest absolute Gasteiger partial charge is 0.252 e. The zero-order chi connectivity index (χ0) is 21.1. The SMILES string of the molecule is COc1cccc(OCCNC(=O)c2cc(-c3cccs3)nc3c2c(C)nn3C)c1. The number of pyridine rings is 1. The molecule has 7 nitrogen and oxygen atoms in total. The molecule has 0 atom stereocenters. The van der Waals surface area contributed by atoms with Gasteiger partial charge < -0.3 is 14.8 Å². The highest BCUT2D eigenvalue weighted by Gasteiger charge is 2.19. The van der Waals surface area contributed by atoms with Crippen LogP contribution in [0.5, 0.6) is 11.5 Å². The molecule has 1 N–H and O–H groups in total. The highest BCUT2D eigenvalue weighted by molar-refractivity contribution is 7.13. The Bertz CT molecular complexity index is 1180. The number of aryl methyl sites for hydroxylation is 2. The summed E-state index contributed by atoms with van der Waals surface area (Å²) in [5.41, 5.74) is 2.79. The van der Waals surface area contributed by atoms with Crippen LogP contribution >= 0.6 is 11.3 Å². The average molecular weight is 423 g/mol. The molecule has 30 heavy (non-hydrogen) atoms. The van der Waals surface area contributed by atoms with Gasteiger partial charge in [-0.25, -0.2) is 4.98 Å². The predicted molar refractivity (Wildman–Crippen MR) is 117 cm³/mol. The van der Waals surface area contributed by atoms with Crippen molar-refractivity contribution in [1.29, 1.82) is 0 Å². The molecule has 3 aromatic heterocycles. The van der Waals surface area contributed by atoms with E-state index >= 15 is 0 Å². The number of rotatable bonds is 7. The molecule has 0 bridgehead atoms. The lowest BCUT2D eigenvalue weighted by Crippen LogP contribution is -2.28. The number of hydrogen-bond donors (Lipinski definition) is 1. The fourth-order valence-corrected chi connectivity index (χ4v) is 3.98. The number of aromatic nitrogens is 3. The second-order valence-corrected chi connectivity index (χ2v) is 7.67. The molecule has 0 saturated heterocycles. The second-order valence-electron chi connectivity index (χ2n) is 6.72. The van der Waals surface area contributed by atoms with Crippen LogP contribution in [0.2, 0.25) is 0 Å². The van der Waals surface area contributed by atoms with Crippen LogP contribution in [-0.2, 0) is 7.05 Å². The van der Waals surface area contributed by atoms with Crippen molar-refractivity contribution in [1.82, 2.24) is 20.1 Å². The van der Waals surface area contributed by atoms with Gasteiger partial charge in [-0.1, -0.05) is 12.1 Å². The molecule has 0 aliphatic carbocycles. The van der Waals surface area contributed by atoms with Gasteiger partial charge in [0.1, 0.15) is 18.1 Å². The van der Waals surface area contributed by atoms with E-state index in [1.165, 1.54) is 0 Å². The third-order valence-electron chi connectivity index (χ3n) is 4.68. The van der Waals surface area contributed by atoms with Crippen molar-refractivity contribution in [3.63, 3.8) is 0 Å². The van der Waals surface area contributed by atoms with Crippen LogP contribution in [0.4, 0.5) is 0 Å². The summed E-state index contributed by atoms with van der Waals surface area (Å²) in [6, 6.07) is 13.2. The number of hydrogen-bond acceptors (Lipinski definition) is 6. The Morgan fingerprint density at radius 3 is 2.80 bits per heavy atom. The molecule has 0 unspecified atom stereocenters. The van der Waals surface area contributed by atoms with E-state index in [-0.39, 0.29) is 5.91 Å². The number of carbonyl (C=O) groups excluding carboxylic acids is 1. The Kier molecular flexibility index (Phi) is 5.67. The van der Waals surface area contributed by atoms with E-state index in [1.54, 1.807) is 29.2 Å². The van der Waals surface area contributed by atoms with Crippen molar-refractivity contribution < 1.29 is 14.3 Å². The molecular weight excluding hydrogens is 400 g/mol. The minimum Gasteiger partial charge on any atom is -0.497 e. The molecule has 0 radical (unpaired) electrons. The number of amides is 1. The Morgan fingerprint density at radius 1 is 1.20 bits per heavy atom. The van der Waals surface area contributed by atoms with Gasteiger partial charge in [0.2, 0.25) is 0 Å². The lowest BCUT2D eigenvalue weighted by molar-refractivity contribution is 0.0948. The quantitative estimate of drug-likeness (QED) is 0.458. The third-order valence-corrected chi connectivity index (χ3v) is 5.58. The summed E-state index contributed by atoms with van der Waals surface area (Å²) in [7, 11) is 3.45. The number of nitrogens with zero attached hydrogens (tertiary/aromatic N) is 3. The Labute approximate surface area is 178 Å². The first-order valence-corrected chi connectivity index (χ1v) is 10.4. The summed E-state index contributed by atoms with van der Waals surface area (Å²) in [5, 5.41) is 10.2. The molecule has 4 rings (SSSR count). The summed E-state index contributed by atoms with van der Waals surface area (Å²) >= 11 is 1.59. The van der Waals surface area contributed by atoms with Gasteiger partial charge in [-0.05, 0) is 36.6 Å². The summed E-state index contributed by atoms with van der Waals surface area (Å²) in [6.07, 6.45) is 0. The lowest BCUT2D eigenvalue weighted by atomic mass is 10.1. The molecule has 3 heterocycles. The van der Waals surface area contributed by atoms with E-state index in [2.05, 4.69) is 10.4 Å². The molecule has 4 aromatic rings. The van der Waals surface area contributed by atoms with Crippen molar-refractivity contribution in [3.8, 4) is 22.1 Å². The van der Waals surface area contributed by atoms with E-state index in [4.69, 9.17) is 14.5 Å². The summed E-state index contributed by atoms with van der Waals surface area (Å²) < 4.78 is 12.6. The maximum Gasteiger partial charge on any atom is 0.252 e. The van der Waals surface area contributed by atoms with Crippen molar-refractivity contribution in [3.05, 3.63) is 59.1 Å². The minimum absolute atomic E-state index is 0.175. The lowest BCUT2D eigenvalue weighted by Gasteiger charge is -2.10. The van der Waals surface area contributed by atoms with Crippen molar-refractivity contribution in [2.75, 3.05) is 20.3 Å². The monoisotopic (exact) mass is 422 g/mol. The molecule has 154 valence electrons. The normalized spacial score (nSPS) is 10.9. The Morgan fingerprint density at radius 2 is 2.03 bits per heavy atom. The molecular formula is C22H22N4O3S. The molecule has 0 aliphatic rings. The first kappa shape index (κ1) is 19.9. The number of fused-ring (bicyclic) bond motifs is 1. The largest absolute Gasteiger partial charge is 0.497 e. The van der Waals surface area contributed by atoms with Crippen LogP contribution in [-0.4, -0.2) is 40.9 Å². The zero-order valence-corrected chi connectivity index (χ0v) is 17.8. The highest BCUT2D eigenvalue weighted by atomic mass is 32.1. The number of ether oxygens (including phenoxy) is 2. The van der Waals surface area contributed by atoms with Gasteiger partial charge in [0.15, 0.2) is 5.65 Å². The molecule has 8 heteroatoms. The fraction of sp³-hybridized carbons (Fsp3) is 0.227. The van der Waals surface area contributed by atoms with Crippen LogP contribution in [0.25, 0.3) is 21.6 Å². The molecule has 0 spiro atoms. The summed E-state index contributed by atoms with van der Waals surface area (Å²) in [6.45, 7) is 2.60. The van der Waals surface area contributed by atoms with Gasteiger partial charge in [-0.15, -0.1) is 11.3 Å². The molecule has 1 aromatic carbocycles. The molecule has 0 saturated carbocycles. The maximum atomic E-state index is 13.0. The van der Waals surface area contributed by atoms with Crippen molar-refractivity contribution in [2.24, 2.45) is 7.05 Å². The first-order valence-electron chi connectivity index (χ1n) is 9.50. The topological polar surface area (TPSA) is 78.3 Å². The van der Waals surface area contributed by atoms with E-state index in [0.717, 1.165) is 27.4 Å². The predicted octanol–water partition coefficient (Wildman–Crippen LogP) is 3.82. The summed E-state index contributed by atoms with van der Waals surface area (Å²) in [4.78, 5) is 18.7. The van der Waals surface area contributed by atoms with E-state index < -0.39 is 0 Å². The van der Waals surface area contributed by atoms with E-state index in [9.17, 15) is 4.79 Å². The zero-order valence-electron chi connectivity index (χ0n) is 17.0. The average Bonchev–Trinajstić information content (AvgIpc) is 3.39. The fourth-order valence-electron chi connectivity index (χ4n) is 3.29. The van der Waals surface area contributed by atoms with Gasteiger partial charge >= 0.3 is 0 Å². The van der Waals surface area contributed by atoms with Gasteiger partial charge in [0, 0.05) is 13.1 Å². The molecule has 0 aliphatic heterocycles. The number of carbonyl (C=O) groups is 1. The van der Waals surface area contributed by atoms with Crippen LogP contribution < -0.4 is 14.8 Å². The van der Waals surface area contributed by atoms with E-state index in [0.29, 0.717) is 30.1 Å². The number of thiophene rings is 1. The first-order chi connectivity index (χ1) is 14.6. The minimum atomic E-state index is -0.175. The van der Waals surface area contributed by atoms with Crippen molar-refractivity contribution >= 4 is 28.3 Å². The van der Waals surface area contributed by atoms with Crippen LogP contribution in [0.1, 0.15) is 16.1 Å². The summed E-state index contributed by atoms with van der Waals surface area (Å²) in [5.74, 6) is 1.24. The molecule has 0 fully saturated rings. The van der Waals surface area contributed by atoms with E-state index in [1.807, 2.05) is 55.7 Å². The third kappa shape index (κ3) is 3.99. The number of benzene rings is 1. The Hall–Kier alpha value is -3.39. The number of methoxy groups -OCH3 is 1.